The number of benzene rings is 3. The molecule has 0 spiro atoms. The number of amides is 3. The van der Waals surface area contributed by atoms with Gasteiger partial charge in [-0.1, -0.05) is 48.5 Å². The van der Waals surface area contributed by atoms with Crippen molar-refractivity contribution in [3.05, 3.63) is 101 Å². The lowest BCUT2D eigenvalue weighted by Crippen LogP contribution is -2.42. The van der Waals surface area contributed by atoms with Crippen molar-refractivity contribution < 1.29 is 19.1 Å². The first-order valence-corrected chi connectivity index (χ1v) is 10.4. The number of hydrogen-bond donors (Lipinski definition) is 3. The number of urea groups is 1. The molecule has 0 aromatic heterocycles. The first kappa shape index (κ1) is 23.0. The maximum Gasteiger partial charge on any atom is 0.317 e. The van der Waals surface area contributed by atoms with Gasteiger partial charge >= 0.3 is 6.03 Å². The topological polar surface area (TPSA) is 81.7 Å². The molecule has 0 bridgehead atoms. The third kappa shape index (κ3) is 6.92. The standard InChI is InChI=1S/C25H26FN3O3/c26-22-10-5-9-21(17-22)24(31)28-23-11-4-8-20(16-23)18-27-25(32)29(14-15-30)13-12-19-6-2-1-3-7-19/h1-11,16-17,30H,12-15,18H2,(H,27,32)(H,28,31). The summed E-state index contributed by atoms with van der Waals surface area (Å²) in [4.78, 5) is 26.5. The minimum Gasteiger partial charge on any atom is -0.395 e. The van der Waals surface area contributed by atoms with E-state index in [2.05, 4.69) is 10.6 Å². The highest BCUT2D eigenvalue weighted by atomic mass is 19.1. The molecule has 166 valence electrons. The maximum atomic E-state index is 13.3. The Morgan fingerprint density at radius 3 is 2.38 bits per heavy atom. The van der Waals surface area contributed by atoms with Crippen LogP contribution in [0.4, 0.5) is 14.9 Å². The van der Waals surface area contributed by atoms with Gasteiger partial charge in [0.25, 0.3) is 5.91 Å². The zero-order chi connectivity index (χ0) is 22.8. The average molecular weight is 435 g/mol. The van der Waals surface area contributed by atoms with Crippen molar-refractivity contribution in [3.63, 3.8) is 0 Å². The molecule has 0 saturated heterocycles. The van der Waals surface area contributed by atoms with Gasteiger partial charge in [0.1, 0.15) is 5.82 Å². The van der Waals surface area contributed by atoms with E-state index in [1.807, 2.05) is 36.4 Å². The molecule has 32 heavy (non-hydrogen) atoms. The molecule has 0 radical (unpaired) electrons. The fraction of sp³-hybridized carbons (Fsp3) is 0.200. The lowest BCUT2D eigenvalue weighted by atomic mass is 10.1. The molecule has 3 rings (SSSR count). The number of rotatable bonds is 9. The summed E-state index contributed by atoms with van der Waals surface area (Å²) in [5.74, 6) is -0.894. The monoisotopic (exact) mass is 435 g/mol. The Labute approximate surface area is 186 Å². The van der Waals surface area contributed by atoms with Crippen LogP contribution in [-0.2, 0) is 13.0 Å². The predicted molar refractivity (Wildman–Crippen MR) is 122 cm³/mol. The molecule has 7 heteroatoms. The third-order valence-corrected chi connectivity index (χ3v) is 4.89. The molecule has 0 aliphatic heterocycles. The van der Waals surface area contributed by atoms with Crippen LogP contribution in [0, 0.1) is 5.82 Å². The predicted octanol–water partition coefficient (Wildman–Crippen LogP) is 3.82. The SMILES string of the molecule is O=C(Nc1cccc(CNC(=O)N(CCO)CCc2ccccc2)c1)c1cccc(F)c1. The molecular weight excluding hydrogens is 409 g/mol. The summed E-state index contributed by atoms with van der Waals surface area (Å²) in [6.07, 6.45) is 0.690. The first-order valence-electron chi connectivity index (χ1n) is 10.4. The van der Waals surface area contributed by atoms with E-state index in [0.29, 0.717) is 18.7 Å². The Bertz CT molecular complexity index is 1040. The lowest BCUT2D eigenvalue weighted by Gasteiger charge is -2.22. The number of aliphatic hydroxyl groups excluding tert-OH is 1. The molecule has 6 nitrogen and oxygen atoms in total. The van der Waals surface area contributed by atoms with Crippen molar-refractivity contribution in [2.75, 3.05) is 25.0 Å². The number of anilines is 1. The van der Waals surface area contributed by atoms with Gasteiger partial charge in [-0.25, -0.2) is 9.18 Å². The summed E-state index contributed by atoms with van der Waals surface area (Å²) in [6, 6.07) is 22.1. The molecule has 0 heterocycles. The van der Waals surface area contributed by atoms with Crippen molar-refractivity contribution in [1.29, 1.82) is 0 Å². The number of nitrogens with zero attached hydrogens (tertiary/aromatic N) is 1. The number of halogens is 1. The average Bonchev–Trinajstić information content (AvgIpc) is 2.81. The van der Waals surface area contributed by atoms with E-state index < -0.39 is 11.7 Å². The van der Waals surface area contributed by atoms with E-state index in [1.165, 1.54) is 24.3 Å². The largest absolute Gasteiger partial charge is 0.395 e. The molecular formula is C25H26FN3O3. The lowest BCUT2D eigenvalue weighted by molar-refractivity contribution is 0.102. The van der Waals surface area contributed by atoms with Crippen LogP contribution in [0.15, 0.2) is 78.9 Å². The minimum absolute atomic E-state index is 0.121. The van der Waals surface area contributed by atoms with Crippen LogP contribution in [-0.4, -0.2) is 41.6 Å². The van der Waals surface area contributed by atoms with E-state index in [4.69, 9.17) is 0 Å². The molecule has 3 N–H and O–H groups in total. The normalized spacial score (nSPS) is 10.4. The van der Waals surface area contributed by atoms with E-state index in [9.17, 15) is 19.1 Å². The number of aliphatic hydroxyl groups is 1. The highest BCUT2D eigenvalue weighted by Gasteiger charge is 2.13. The van der Waals surface area contributed by atoms with Crippen LogP contribution in [0.2, 0.25) is 0 Å². The van der Waals surface area contributed by atoms with Crippen LogP contribution < -0.4 is 10.6 Å². The molecule has 0 fully saturated rings. The highest BCUT2D eigenvalue weighted by Crippen LogP contribution is 2.13. The Morgan fingerprint density at radius 2 is 1.62 bits per heavy atom. The smallest absolute Gasteiger partial charge is 0.317 e. The molecule has 3 amide bonds. The van der Waals surface area contributed by atoms with Crippen LogP contribution in [0.1, 0.15) is 21.5 Å². The quantitative estimate of drug-likeness (QED) is 0.478. The van der Waals surface area contributed by atoms with Crippen LogP contribution in [0.5, 0.6) is 0 Å². The molecule has 0 unspecified atom stereocenters. The summed E-state index contributed by atoms with van der Waals surface area (Å²) < 4.78 is 13.3. The second-order valence-electron chi connectivity index (χ2n) is 7.27. The van der Waals surface area contributed by atoms with Gasteiger partial charge in [0.05, 0.1) is 6.61 Å². The second-order valence-corrected chi connectivity index (χ2v) is 7.27. The minimum atomic E-state index is -0.478. The van der Waals surface area contributed by atoms with Gasteiger partial charge in [0.15, 0.2) is 0 Å². The van der Waals surface area contributed by atoms with Gasteiger partial charge in [-0.2, -0.15) is 0 Å². The number of carbonyl (C=O) groups excluding carboxylic acids is 2. The summed E-state index contributed by atoms with van der Waals surface area (Å²) in [5, 5.41) is 14.9. The van der Waals surface area contributed by atoms with E-state index in [-0.39, 0.29) is 31.3 Å². The van der Waals surface area contributed by atoms with Gasteiger partial charge in [-0.3, -0.25) is 4.79 Å². The Morgan fingerprint density at radius 1 is 0.875 bits per heavy atom. The second kappa shape index (κ2) is 11.6. The van der Waals surface area contributed by atoms with E-state index in [0.717, 1.165) is 11.1 Å². The van der Waals surface area contributed by atoms with Crippen LogP contribution >= 0.6 is 0 Å². The third-order valence-electron chi connectivity index (χ3n) is 4.89. The number of nitrogens with one attached hydrogen (secondary N) is 2. The molecule has 0 aliphatic carbocycles. The fourth-order valence-electron chi connectivity index (χ4n) is 3.23. The van der Waals surface area contributed by atoms with Gasteiger partial charge in [0, 0.05) is 30.9 Å². The Hall–Kier alpha value is -3.71. The molecule has 0 atom stereocenters. The molecule has 3 aromatic rings. The highest BCUT2D eigenvalue weighted by molar-refractivity contribution is 6.04. The van der Waals surface area contributed by atoms with Crippen molar-refractivity contribution in [2.45, 2.75) is 13.0 Å². The Kier molecular flexibility index (Phi) is 8.34. The summed E-state index contributed by atoms with van der Waals surface area (Å²) in [5.41, 5.74) is 2.68. The number of hydrogen-bond acceptors (Lipinski definition) is 3. The van der Waals surface area contributed by atoms with Crippen LogP contribution in [0.25, 0.3) is 0 Å². The van der Waals surface area contributed by atoms with Gasteiger partial charge in [0.2, 0.25) is 0 Å². The zero-order valence-corrected chi connectivity index (χ0v) is 17.6. The summed E-state index contributed by atoms with van der Waals surface area (Å²) >= 11 is 0. The Balaban J connectivity index is 1.55. The van der Waals surface area contributed by atoms with Gasteiger partial charge in [-0.05, 0) is 47.9 Å². The number of carbonyl (C=O) groups is 2. The van der Waals surface area contributed by atoms with Crippen molar-refractivity contribution in [1.82, 2.24) is 10.2 Å². The first-order chi connectivity index (χ1) is 15.5. The van der Waals surface area contributed by atoms with Crippen molar-refractivity contribution in [2.24, 2.45) is 0 Å². The maximum absolute atomic E-state index is 13.3. The van der Waals surface area contributed by atoms with Crippen molar-refractivity contribution >= 4 is 17.6 Å². The van der Waals surface area contributed by atoms with Crippen LogP contribution in [0.3, 0.4) is 0 Å². The summed E-state index contributed by atoms with van der Waals surface area (Å²) in [7, 11) is 0. The molecule has 3 aromatic carbocycles. The van der Waals surface area contributed by atoms with Crippen molar-refractivity contribution in [3.8, 4) is 0 Å². The van der Waals surface area contributed by atoms with Gasteiger partial charge < -0.3 is 20.6 Å². The summed E-state index contributed by atoms with van der Waals surface area (Å²) in [6.45, 7) is 0.863. The van der Waals surface area contributed by atoms with E-state index in [1.54, 1.807) is 23.1 Å². The van der Waals surface area contributed by atoms with Gasteiger partial charge in [-0.15, -0.1) is 0 Å². The van der Waals surface area contributed by atoms with E-state index >= 15 is 0 Å². The molecule has 0 aliphatic rings. The zero-order valence-electron chi connectivity index (χ0n) is 17.6. The molecule has 0 saturated carbocycles. The fourth-order valence-corrected chi connectivity index (χ4v) is 3.23.